The highest BCUT2D eigenvalue weighted by Crippen LogP contribution is 2.17. The number of hydrogen-bond donors (Lipinski definition) is 1. The van der Waals surface area contributed by atoms with Gasteiger partial charge in [0.05, 0.1) is 6.54 Å². The maximum absolute atomic E-state index is 11.5. The van der Waals surface area contributed by atoms with E-state index in [1.165, 1.54) is 4.90 Å². The molecule has 1 rings (SSSR count). The molecule has 1 heterocycles. The van der Waals surface area contributed by atoms with E-state index in [9.17, 15) is 9.90 Å². The number of aliphatic hydroxyl groups is 1. The zero-order chi connectivity index (χ0) is 11.6. The zero-order valence-electron chi connectivity index (χ0n) is 9.17. The highest BCUT2D eigenvalue weighted by Gasteiger charge is 2.44. The van der Waals surface area contributed by atoms with Crippen molar-refractivity contribution in [2.24, 2.45) is 0 Å². The summed E-state index contributed by atoms with van der Waals surface area (Å²) in [6.45, 7) is 5.64. The Hall–Kier alpha value is -1.35. The molecular formula is C9H16N3O3+. The summed E-state index contributed by atoms with van der Waals surface area (Å²) in [7, 11) is 0. The molecule has 1 N–H and O–H groups in total. The molecule has 15 heavy (non-hydrogen) atoms. The van der Waals surface area contributed by atoms with Gasteiger partial charge in [0, 0.05) is 0 Å². The lowest BCUT2D eigenvalue weighted by Gasteiger charge is -2.23. The fourth-order valence-electron chi connectivity index (χ4n) is 1.36. The topological polar surface area (TPSA) is 77.9 Å². The Kier molecular flexibility index (Phi) is 3.15. The summed E-state index contributed by atoms with van der Waals surface area (Å²) in [5.41, 5.74) is -0.559. The predicted octanol–water partition coefficient (Wildman–Crippen LogP) is 0.820. The van der Waals surface area contributed by atoms with Crippen LogP contribution in [0.1, 0.15) is 20.8 Å². The van der Waals surface area contributed by atoms with Crippen LogP contribution in [0.3, 0.4) is 0 Å². The fraction of sp³-hybridized carbons (Fsp3) is 0.889. The second-order valence-corrected chi connectivity index (χ2v) is 4.64. The first-order valence-corrected chi connectivity index (χ1v) is 4.83. The minimum absolute atomic E-state index is 0.143. The van der Waals surface area contributed by atoms with Crippen LogP contribution in [-0.2, 0) is 4.74 Å². The molecule has 6 nitrogen and oxygen atoms in total. The first-order chi connectivity index (χ1) is 6.83. The molecule has 0 saturated carbocycles. The first-order valence-electron chi connectivity index (χ1n) is 4.83. The van der Waals surface area contributed by atoms with Gasteiger partial charge in [-0.05, 0) is 20.8 Å². The molecule has 84 valence electrons. The Morgan fingerprint density at radius 2 is 2.13 bits per heavy atom. The summed E-state index contributed by atoms with van der Waals surface area (Å²) in [6.07, 6.45) is -1.31. The Bertz CT molecular complexity index is 292. The van der Waals surface area contributed by atoms with Crippen molar-refractivity contribution in [2.75, 3.05) is 13.1 Å². The molecule has 1 amide bonds. The summed E-state index contributed by atoms with van der Waals surface area (Å²) in [5, 5.41) is 18.0. The van der Waals surface area contributed by atoms with Gasteiger partial charge < -0.3 is 9.84 Å². The zero-order valence-corrected chi connectivity index (χ0v) is 9.17. The van der Waals surface area contributed by atoms with Crippen LogP contribution in [0.25, 0.3) is 4.98 Å². The Labute approximate surface area is 88.4 Å². The highest BCUT2D eigenvalue weighted by atomic mass is 16.6. The van der Waals surface area contributed by atoms with Crippen LogP contribution in [0, 0.1) is 5.39 Å². The molecule has 0 aromatic rings. The van der Waals surface area contributed by atoms with Crippen LogP contribution in [0.4, 0.5) is 4.79 Å². The summed E-state index contributed by atoms with van der Waals surface area (Å²) in [5.74, 6) is 0. The standard InChI is InChI=1S/C9H16N3O3/c1-9(2,3)15-8(14)12-4-6(11-10)7(13)5-12/h6-7,13H,4-5H2,1-3H3/q+1. The van der Waals surface area contributed by atoms with Crippen LogP contribution >= 0.6 is 0 Å². The second kappa shape index (κ2) is 4.03. The largest absolute Gasteiger partial charge is 0.444 e. The molecule has 1 fully saturated rings. The third-order valence-corrected chi connectivity index (χ3v) is 2.06. The SMILES string of the molecule is CC(C)(C)OC(=O)N1CC(O)C([N+]#N)C1. The number of carbonyl (C=O) groups excluding carboxylic acids is 1. The Morgan fingerprint density at radius 1 is 1.53 bits per heavy atom. The number of β-amino-alcohol motifs (C(OH)–C–C–N with tert-alkyl or cyclic N) is 1. The Morgan fingerprint density at radius 3 is 2.53 bits per heavy atom. The number of carbonyl (C=O) groups is 1. The average Bonchev–Trinajstić information content (AvgIpc) is 2.43. The minimum atomic E-state index is -0.817. The molecule has 0 spiro atoms. The lowest BCUT2D eigenvalue weighted by Crippen LogP contribution is -2.35. The Balaban J connectivity index is 2.54. The lowest BCUT2D eigenvalue weighted by molar-refractivity contribution is 0.0270. The van der Waals surface area contributed by atoms with Crippen molar-refractivity contribution in [3.63, 3.8) is 0 Å². The normalized spacial score (nSPS) is 26.2. The van der Waals surface area contributed by atoms with Gasteiger partial charge in [-0.25, -0.2) is 4.79 Å². The van der Waals surface area contributed by atoms with Gasteiger partial charge in [0.25, 0.3) is 0 Å². The van der Waals surface area contributed by atoms with Gasteiger partial charge in [0.1, 0.15) is 17.1 Å². The van der Waals surface area contributed by atoms with Gasteiger partial charge in [-0.15, -0.1) is 0 Å². The van der Waals surface area contributed by atoms with Gasteiger partial charge in [0.2, 0.25) is 5.39 Å². The fourth-order valence-corrected chi connectivity index (χ4v) is 1.36. The molecule has 0 aliphatic carbocycles. The molecule has 0 bridgehead atoms. The quantitative estimate of drug-likeness (QED) is 0.605. The number of nitrogens with zero attached hydrogens (tertiary/aromatic N) is 3. The summed E-state index contributed by atoms with van der Waals surface area (Å²) in [4.78, 5) is 15.9. The minimum Gasteiger partial charge on any atom is -0.444 e. The van der Waals surface area contributed by atoms with Crippen LogP contribution in [0.15, 0.2) is 0 Å². The molecule has 0 radical (unpaired) electrons. The van der Waals surface area contributed by atoms with E-state index in [2.05, 4.69) is 4.98 Å². The number of ether oxygens (including phenoxy) is 1. The third-order valence-electron chi connectivity index (χ3n) is 2.06. The van der Waals surface area contributed by atoms with Gasteiger partial charge in [-0.1, -0.05) is 0 Å². The molecule has 1 aliphatic heterocycles. The lowest BCUT2D eigenvalue weighted by atomic mass is 10.2. The van der Waals surface area contributed by atoms with Crippen molar-refractivity contribution in [2.45, 2.75) is 38.5 Å². The van der Waals surface area contributed by atoms with E-state index in [4.69, 9.17) is 10.1 Å². The van der Waals surface area contributed by atoms with E-state index in [0.717, 1.165) is 0 Å². The molecule has 0 aromatic heterocycles. The van der Waals surface area contributed by atoms with E-state index < -0.39 is 23.8 Å². The van der Waals surface area contributed by atoms with Crippen molar-refractivity contribution in [3.8, 4) is 0 Å². The summed E-state index contributed by atoms with van der Waals surface area (Å²) >= 11 is 0. The molecule has 1 saturated heterocycles. The van der Waals surface area contributed by atoms with E-state index >= 15 is 0 Å². The van der Waals surface area contributed by atoms with Gasteiger partial charge >= 0.3 is 12.1 Å². The molecule has 0 aromatic carbocycles. The van der Waals surface area contributed by atoms with Crippen LogP contribution in [0.2, 0.25) is 0 Å². The predicted molar refractivity (Wildman–Crippen MR) is 52.7 cm³/mol. The number of diazo groups is 1. The average molecular weight is 214 g/mol. The van der Waals surface area contributed by atoms with Gasteiger partial charge in [-0.3, -0.25) is 4.90 Å². The van der Waals surface area contributed by atoms with Crippen LogP contribution in [0.5, 0.6) is 0 Å². The van der Waals surface area contributed by atoms with Crippen molar-refractivity contribution in [3.05, 3.63) is 4.98 Å². The molecular weight excluding hydrogens is 198 g/mol. The van der Waals surface area contributed by atoms with Crippen molar-refractivity contribution in [1.29, 1.82) is 5.39 Å². The monoisotopic (exact) mass is 214 g/mol. The summed E-state index contributed by atoms with van der Waals surface area (Å²) in [6, 6.07) is -0.627. The maximum atomic E-state index is 11.5. The van der Waals surface area contributed by atoms with Crippen LogP contribution in [-0.4, -0.2) is 46.9 Å². The van der Waals surface area contributed by atoms with Crippen molar-refractivity contribution in [1.82, 2.24) is 4.90 Å². The van der Waals surface area contributed by atoms with E-state index in [0.29, 0.717) is 0 Å². The van der Waals surface area contributed by atoms with Crippen LogP contribution < -0.4 is 0 Å². The van der Waals surface area contributed by atoms with Gasteiger partial charge in [-0.2, -0.15) is 0 Å². The maximum Gasteiger partial charge on any atom is 0.410 e. The number of amides is 1. The van der Waals surface area contributed by atoms with Gasteiger partial charge in [0.15, 0.2) is 6.10 Å². The number of aliphatic hydroxyl groups excluding tert-OH is 1. The van der Waals surface area contributed by atoms with Crippen molar-refractivity contribution < 1.29 is 14.6 Å². The molecule has 1 aliphatic rings. The molecule has 2 unspecified atom stereocenters. The molecule has 2 atom stereocenters. The number of likely N-dealkylation sites (tertiary alicyclic amines) is 1. The second-order valence-electron chi connectivity index (χ2n) is 4.64. The van der Waals surface area contributed by atoms with E-state index in [1.807, 2.05) is 0 Å². The van der Waals surface area contributed by atoms with E-state index in [-0.39, 0.29) is 13.1 Å². The summed E-state index contributed by atoms with van der Waals surface area (Å²) < 4.78 is 5.12. The highest BCUT2D eigenvalue weighted by molar-refractivity contribution is 5.68. The van der Waals surface area contributed by atoms with E-state index in [1.54, 1.807) is 20.8 Å². The number of hydrogen-bond acceptors (Lipinski definition) is 4. The van der Waals surface area contributed by atoms with Crippen molar-refractivity contribution >= 4 is 6.09 Å². The molecule has 6 heteroatoms. The smallest absolute Gasteiger partial charge is 0.410 e. The third kappa shape index (κ3) is 3.06. The number of rotatable bonds is 0. The first kappa shape index (κ1) is 11.7.